The lowest BCUT2D eigenvalue weighted by molar-refractivity contribution is 0.0574. The van der Waals surface area contributed by atoms with Gasteiger partial charge >= 0.3 is 0 Å². The minimum absolute atomic E-state index is 0. The highest BCUT2D eigenvalue weighted by atomic mass is 35.5. The molecule has 2 unspecified atom stereocenters. The van der Waals surface area contributed by atoms with Crippen molar-refractivity contribution in [3.63, 3.8) is 0 Å². The van der Waals surface area contributed by atoms with Crippen LogP contribution in [0.4, 0.5) is 4.39 Å². The van der Waals surface area contributed by atoms with Gasteiger partial charge in [-0.15, -0.1) is 12.4 Å². The first-order valence-electron chi connectivity index (χ1n) is 8.82. The smallest absolute Gasteiger partial charge is 0.278 e. The molecule has 2 atom stereocenters. The predicted molar refractivity (Wildman–Crippen MR) is 104 cm³/mol. The number of amides is 1. The van der Waals surface area contributed by atoms with E-state index in [1.54, 1.807) is 30.0 Å². The minimum atomic E-state index is -0.475. The van der Waals surface area contributed by atoms with Gasteiger partial charge in [0.2, 0.25) is 5.43 Å². The third kappa shape index (κ3) is 4.20. The van der Waals surface area contributed by atoms with Crippen LogP contribution >= 0.6 is 12.4 Å². The van der Waals surface area contributed by atoms with E-state index in [4.69, 9.17) is 5.73 Å². The Bertz CT molecular complexity index is 884. The number of hydrogen-bond donors (Lipinski definition) is 1. The maximum absolute atomic E-state index is 14.2. The monoisotopic (exact) mass is 394 g/mol. The molecule has 1 amide bonds. The summed E-state index contributed by atoms with van der Waals surface area (Å²) < 4.78 is 15.5. The van der Waals surface area contributed by atoms with Gasteiger partial charge in [0.25, 0.3) is 5.91 Å². The summed E-state index contributed by atoms with van der Waals surface area (Å²) in [6.45, 7) is 4.05. The lowest BCUT2D eigenvalue weighted by atomic mass is 9.96. The van der Waals surface area contributed by atoms with Crippen molar-refractivity contribution >= 4 is 18.3 Å². The number of hydrogen-bond acceptors (Lipinski definition) is 4. The van der Waals surface area contributed by atoms with Crippen LogP contribution in [0.25, 0.3) is 5.69 Å². The van der Waals surface area contributed by atoms with E-state index in [-0.39, 0.29) is 35.9 Å². The van der Waals surface area contributed by atoms with E-state index >= 15 is 0 Å². The van der Waals surface area contributed by atoms with Gasteiger partial charge in [-0.2, -0.15) is 5.10 Å². The highest BCUT2D eigenvalue weighted by Gasteiger charge is 2.32. The summed E-state index contributed by atoms with van der Waals surface area (Å²) in [6.07, 6.45) is 2.66. The van der Waals surface area contributed by atoms with Gasteiger partial charge in [-0.25, -0.2) is 9.07 Å². The Morgan fingerprint density at radius 1 is 1.33 bits per heavy atom. The van der Waals surface area contributed by atoms with Crippen LogP contribution in [-0.4, -0.2) is 39.2 Å². The first-order valence-corrected chi connectivity index (χ1v) is 8.82. The fourth-order valence-electron chi connectivity index (χ4n) is 3.46. The molecule has 1 aliphatic rings. The zero-order valence-electron chi connectivity index (χ0n) is 15.4. The Kier molecular flexibility index (Phi) is 6.73. The Labute approximate surface area is 163 Å². The Hall–Kier alpha value is -2.25. The molecule has 1 aliphatic heterocycles. The fourth-order valence-corrected chi connectivity index (χ4v) is 3.46. The first kappa shape index (κ1) is 21.1. The number of aromatic nitrogens is 2. The second-order valence-corrected chi connectivity index (χ2v) is 6.78. The number of nitrogens with zero attached hydrogens (tertiary/aromatic N) is 3. The molecule has 1 fully saturated rings. The average molecular weight is 395 g/mol. The standard InChI is InChI=1S/C19H23FN4O2.ClH/c1-12-11-17(25)18(22-24(12)16-9-4-3-7-14(16)20)19(26)23-10-6-5-8-15(23)13(2)21;/h3-4,7,9,11,13,15H,5-6,8,10,21H2,1-2H3;1H. The molecule has 1 aromatic heterocycles. The summed E-state index contributed by atoms with van der Waals surface area (Å²) in [5, 5.41) is 4.20. The number of carbonyl (C=O) groups is 1. The number of para-hydroxylation sites is 1. The van der Waals surface area contributed by atoms with Crippen LogP contribution in [0, 0.1) is 12.7 Å². The number of likely N-dealkylation sites (tertiary alicyclic amines) is 1. The second kappa shape index (κ2) is 8.63. The van der Waals surface area contributed by atoms with Gasteiger partial charge in [0.15, 0.2) is 5.69 Å². The normalized spacial score (nSPS) is 17.9. The highest BCUT2D eigenvalue weighted by Crippen LogP contribution is 2.21. The molecule has 0 spiro atoms. The van der Waals surface area contributed by atoms with Crippen molar-refractivity contribution in [2.45, 2.75) is 45.2 Å². The number of halogens is 2. The minimum Gasteiger partial charge on any atom is -0.333 e. The summed E-state index contributed by atoms with van der Waals surface area (Å²) >= 11 is 0. The maximum atomic E-state index is 14.2. The molecule has 0 radical (unpaired) electrons. The molecule has 2 aromatic rings. The van der Waals surface area contributed by atoms with E-state index in [9.17, 15) is 14.0 Å². The maximum Gasteiger partial charge on any atom is 0.278 e. The molecule has 146 valence electrons. The van der Waals surface area contributed by atoms with Gasteiger partial charge in [0, 0.05) is 30.4 Å². The first-order chi connectivity index (χ1) is 12.4. The molecule has 0 aliphatic carbocycles. The van der Waals surface area contributed by atoms with Crippen LogP contribution < -0.4 is 11.2 Å². The summed E-state index contributed by atoms with van der Waals surface area (Å²) in [7, 11) is 0. The molecule has 6 nitrogen and oxygen atoms in total. The summed E-state index contributed by atoms with van der Waals surface area (Å²) in [4.78, 5) is 27.1. The molecule has 0 saturated carbocycles. The van der Waals surface area contributed by atoms with Gasteiger partial charge in [-0.05, 0) is 45.2 Å². The quantitative estimate of drug-likeness (QED) is 0.866. The second-order valence-electron chi connectivity index (χ2n) is 6.78. The number of benzene rings is 1. The number of aryl methyl sites for hydroxylation is 1. The number of nitrogens with two attached hydrogens (primary N) is 1. The molecule has 8 heteroatoms. The molecular formula is C19H24ClFN4O2. The molecule has 1 saturated heterocycles. The van der Waals surface area contributed by atoms with E-state index in [1.807, 2.05) is 6.92 Å². The lowest BCUT2D eigenvalue weighted by Gasteiger charge is -2.37. The highest BCUT2D eigenvalue weighted by molar-refractivity contribution is 5.92. The summed E-state index contributed by atoms with van der Waals surface area (Å²) in [6, 6.07) is 7.11. The van der Waals surface area contributed by atoms with Gasteiger partial charge in [-0.1, -0.05) is 12.1 Å². The van der Waals surface area contributed by atoms with Crippen molar-refractivity contribution in [1.82, 2.24) is 14.7 Å². The third-order valence-electron chi connectivity index (χ3n) is 4.81. The molecule has 2 N–H and O–H groups in total. The number of carbonyl (C=O) groups excluding carboxylic acids is 1. The largest absolute Gasteiger partial charge is 0.333 e. The van der Waals surface area contributed by atoms with E-state index in [0.29, 0.717) is 12.2 Å². The fraction of sp³-hybridized carbons (Fsp3) is 0.421. The van der Waals surface area contributed by atoms with Gasteiger partial charge in [0.05, 0.1) is 0 Å². The van der Waals surface area contributed by atoms with Crippen LogP contribution in [0.1, 0.15) is 42.4 Å². The van der Waals surface area contributed by atoms with E-state index in [2.05, 4.69) is 5.10 Å². The predicted octanol–water partition coefficient (Wildman–Crippen LogP) is 2.44. The van der Waals surface area contributed by atoms with E-state index in [1.165, 1.54) is 16.8 Å². The Morgan fingerprint density at radius 3 is 2.70 bits per heavy atom. The molecule has 2 heterocycles. The zero-order chi connectivity index (χ0) is 18.8. The van der Waals surface area contributed by atoms with E-state index in [0.717, 1.165) is 19.3 Å². The van der Waals surface area contributed by atoms with E-state index < -0.39 is 17.2 Å². The lowest BCUT2D eigenvalue weighted by Crippen LogP contribution is -2.52. The summed E-state index contributed by atoms with van der Waals surface area (Å²) in [5.74, 6) is -0.918. The topological polar surface area (TPSA) is 81.2 Å². The van der Waals surface area contributed by atoms with Crippen molar-refractivity contribution in [1.29, 1.82) is 0 Å². The molecule has 0 bridgehead atoms. The average Bonchev–Trinajstić information content (AvgIpc) is 2.62. The SMILES string of the molecule is Cc1cc(=O)c(C(=O)N2CCCCC2C(C)N)nn1-c1ccccc1F.Cl. The Balaban J connectivity index is 0.00000261. The van der Waals surface area contributed by atoms with Crippen molar-refractivity contribution in [2.75, 3.05) is 6.54 Å². The summed E-state index contributed by atoms with van der Waals surface area (Å²) in [5.41, 5.74) is 6.02. The number of rotatable bonds is 3. The van der Waals surface area contributed by atoms with Crippen molar-refractivity contribution < 1.29 is 9.18 Å². The van der Waals surface area contributed by atoms with Crippen LogP contribution in [0.5, 0.6) is 0 Å². The molecule has 3 rings (SSSR count). The Morgan fingerprint density at radius 2 is 2.04 bits per heavy atom. The van der Waals surface area contributed by atoms with Crippen molar-refractivity contribution in [3.8, 4) is 5.69 Å². The van der Waals surface area contributed by atoms with Crippen molar-refractivity contribution in [2.24, 2.45) is 5.73 Å². The van der Waals surface area contributed by atoms with Crippen LogP contribution in [-0.2, 0) is 0 Å². The van der Waals surface area contributed by atoms with Crippen LogP contribution in [0.3, 0.4) is 0 Å². The van der Waals surface area contributed by atoms with Crippen LogP contribution in [0.15, 0.2) is 35.1 Å². The number of piperidine rings is 1. The van der Waals surface area contributed by atoms with Crippen LogP contribution in [0.2, 0.25) is 0 Å². The van der Waals surface area contributed by atoms with Gasteiger partial charge in [-0.3, -0.25) is 9.59 Å². The zero-order valence-corrected chi connectivity index (χ0v) is 16.2. The third-order valence-corrected chi connectivity index (χ3v) is 4.81. The molecule has 27 heavy (non-hydrogen) atoms. The molecular weight excluding hydrogens is 371 g/mol. The van der Waals surface area contributed by atoms with Gasteiger partial charge in [0.1, 0.15) is 11.5 Å². The van der Waals surface area contributed by atoms with Crippen molar-refractivity contribution in [3.05, 3.63) is 57.8 Å². The molecule has 1 aromatic carbocycles. The van der Waals surface area contributed by atoms with Gasteiger partial charge < -0.3 is 10.6 Å².